The summed E-state index contributed by atoms with van der Waals surface area (Å²) in [6.45, 7) is 5.10. The van der Waals surface area contributed by atoms with Gasteiger partial charge in [0.1, 0.15) is 0 Å². The molecular weight excluding hydrogens is 174 g/mol. The number of rotatable bonds is 6. The average Bonchev–Trinajstić information content (AvgIpc) is 1.98. The molecule has 1 N–H and O–H groups in total. The Hall–Kier alpha value is -0.220. The maximum absolute atomic E-state index is 10.9. The number of ether oxygens (including phenoxy) is 1. The van der Waals surface area contributed by atoms with Gasteiger partial charge in [-0.25, -0.2) is 0 Å². The predicted octanol–water partition coefficient (Wildman–Crippen LogP) is 0.847. The van der Waals surface area contributed by atoms with Crippen LogP contribution in [0.5, 0.6) is 0 Å². The summed E-state index contributed by atoms with van der Waals surface area (Å²) in [5.41, 5.74) is 0. The Morgan fingerprint density at radius 3 is 2.75 bits per heavy atom. The van der Waals surface area contributed by atoms with Crippen molar-refractivity contribution >= 4 is 18.5 Å². The lowest BCUT2D eigenvalue weighted by molar-refractivity contribution is -0.121. The van der Waals surface area contributed by atoms with E-state index in [2.05, 4.69) is 17.9 Å². The van der Waals surface area contributed by atoms with Gasteiger partial charge in [0.05, 0.1) is 12.7 Å². The molecule has 0 fully saturated rings. The van der Waals surface area contributed by atoms with Gasteiger partial charge < -0.3 is 10.1 Å². The summed E-state index contributed by atoms with van der Waals surface area (Å²) in [6, 6.07) is 0. The summed E-state index contributed by atoms with van der Waals surface area (Å²) in [5.74, 6) is 0.633. The highest BCUT2D eigenvalue weighted by Gasteiger charge is 1.98. The van der Waals surface area contributed by atoms with Crippen molar-refractivity contribution in [3.05, 3.63) is 0 Å². The molecule has 0 spiro atoms. The van der Waals surface area contributed by atoms with Crippen molar-refractivity contribution in [2.24, 2.45) is 0 Å². The molecule has 4 heteroatoms. The lowest BCUT2D eigenvalue weighted by Gasteiger charge is -2.07. The van der Waals surface area contributed by atoms with E-state index in [0.29, 0.717) is 25.3 Å². The fourth-order valence-corrected chi connectivity index (χ4v) is 0.878. The molecule has 0 heterocycles. The summed E-state index contributed by atoms with van der Waals surface area (Å²) in [7, 11) is 0. The van der Waals surface area contributed by atoms with Gasteiger partial charge in [0.15, 0.2) is 0 Å². The molecule has 0 aliphatic carbocycles. The van der Waals surface area contributed by atoms with Crippen LogP contribution in [0.1, 0.15) is 20.3 Å². The van der Waals surface area contributed by atoms with Crippen LogP contribution in [0.25, 0.3) is 0 Å². The van der Waals surface area contributed by atoms with Gasteiger partial charge in [0.25, 0.3) is 0 Å². The fraction of sp³-hybridized carbons (Fsp3) is 0.875. The first-order valence-corrected chi connectivity index (χ1v) is 4.79. The summed E-state index contributed by atoms with van der Waals surface area (Å²) < 4.78 is 5.24. The molecule has 0 radical (unpaired) electrons. The maximum atomic E-state index is 10.9. The normalized spacial score (nSPS) is 10.3. The SMILES string of the molecule is CC(C)OCCNC(=O)CCS. The van der Waals surface area contributed by atoms with E-state index < -0.39 is 0 Å². The van der Waals surface area contributed by atoms with Crippen molar-refractivity contribution in [1.29, 1.82) is 0 Å². The molecule has 3 nitrogen and oxygen atoms in total. The topological polar surface area (TPSA) is 38.3 Å². The summed E-state index contributed by atoms with van der Waals surface area (Å²) in [5, 5.41) is 2.73. The Morgan fingerprint density at radius 1 is 1.58 bits per heavy atom. The molecule has 0 rings (SSSR count). The predicted molar refractivity (Wildman–Crippen MR) is 52.6 cm³/mol. The fourth-order valence-electron chi connectivity index (χ4n) is 0.675. The number of nitrogens with one attached hydrogen (secondary N) is 1. The number of carbonyl (C=O) groups excluding carboxylic acids is 1. The Labute approximate surface area is 79.3 Å². The van der Waals surface area contributed by atoms with Crippen LogP contribution in [-0.4, -0.2) is 30.9 Å². The quantitative estimate of drug-likeness (QED) is 0.482. The molecular formula is C8H17NO2S. The van der Waals surface area contributed by atoms with Crippen molar-refractivity contribution in [3.8, 4) is 0 Å². The Balaban J connectivity index is 3.14. The van der Waals surface area contributed by atoms with Gasteiger partial charge in [-0.15, -0.1) is 0 Å². The van der Waals surface area contributed by atoms with Gasteiger partial charge >= 0.3 is 0 Å². The van der Waals surface area contributed by atoms with Crippen LogP contribution in [0.3, 0.4) is 0 Å². The van der Waals surface area contributed by atoms with E-state index in [4.69, 9.17) is 4.74 Å². The zero-order chi connectivity index (χ0) is 9.40. The first kappa shape index (κ1) is 11.8. The van der Waals surface area contributed by atoms with E-state index in [1.165, 1.54) is 0 Å². The highest BCUT2D eigenvalue weighted by Crippen LogP contribution is 1.86. The summed E-state index contributed by atoms with van der Waals surface area (Å²) >= 11 is 3.95. The number of amides is 1. The maximum Gasteiger partial charge on any atom is 0.220 e. The lowest BCUT2D eigenvalue weighted by Crippen LogP contribution is -2.28. The first-order valence-electron chi connectivity index (χ1n) is 4.16. The first-order chi connectivity index (χ1) is 5.66. The van der Waals surface area contributed by atoms with E-state index in [1.54, 1.807) is 0 Å². The third kappa shape index (κ3) is 7.88. The Bertz CT molecular complexity index is 128. The standard InChI is InChI=1S/C8H17NO2S/c1-7(2)11-5-4-9-8(10)3-6-12/h7,12H,3-6H2,1-2H3,(H,9,10). The van der Waals surface area contributed by atoms with Crippen LogP contribution in [0, 0.1) is 0 Å². The molecule has 0 bridgehead atoms. The molecule has 12 heavy (non-hydrogen) atoms. The second kappa shape index (κ2) is 7.43. The molecule has 0 aromatic heterocycles. The zero-order valence-corrected chi connectivity index (χ0v) is 8.56. The monoisotopic (exact) mass is 191 g/mol. The molecule has 0 aliphatic heterocycles. The molecule has 0 aliphatic rings. The third-order valence-corrected chi connectivity index (χ3v) is 1.44. The number of carbonyl (C=O) groups is 1. The lowest BCUT2D eigenvalue weighted by atomic mass is 10.4. The van der Waals surface area contributed by atoms with Crippen molar-refractivity contribution in [2.45, 2.75) is 26.4 Å². The minimum Gasteiger partial charge on any atom is -0.377 e. The molecule has 1 amide bonds. The van der Waals surface area contributed by atoms with Crippen molar-refractivity contribution < 1.29 is 9.53 Å². The minimum atomic E-state index is 0.0392. The molecule has 0 saturated heterocycles. The van der Waals surface area contributed by atoms with E-state index in [-0.39, 0.29) is 12.0 Å². The van der Waals surface area contributed by atoms with Crippen LogP contribution in [0.2, 0.25) is 0 Å². The van der Waals surface area contributed by atoms with Gasteiger partial charge in [-0.2, -0.15) is 12.6 Å². The number of hydrogen-bond donors (Lipinski definition) is 2. The molecule has 0 aromatic rings. The summed E-state index contributed by atoms with van der Waals surface area (Å²) in [6.07, 6.45) is 0.705. The highest BCUT2D eigenvalue weighted by atomic mass is 32.1. The smallest absolute Gasteiger partial charge is 0.220 e. The average molecular weight is 191 g/mol. The molecule has 0 atom stereocenters. The van der Waals surface area contributed by atoms with Crippen molar-refractivity contribution in [2.75, 3.05) is 18.9 Å². The number of hydrogen-bond acceptors (Lipinski definition) is 3. The molecule has 0 aromatic carbocycles. The summed E-state index contributed by atoms with van der Waals surface area (Å²) in [4.78, 5) is 10.9. The van der Waals surface area contributed by atoms with Crippen LogP contribution < -0.4 is 5.32 Å². The Morgan fingerprint density at radius 2 is 2.25 bits per heavy atom. The molecule has 72 valence electrons. The van der Waals surface area contributed by atoms with E-state index in [1.807, 2.05) is 13.8 Å². The van der Waals surface area contributed by atoms with Gasteiger partial charge in [-0.05, 0) is 19.6 Å². The Kier molecular flexibility index (Phi) is 7.29. The van der Waals surface area contributed by atoms with Gasteiger partial charge in [-0.1, -0.05) is 0 Å². The van der Waals surface area contributed by atoms with Crippen LogP contribution in [-0.2, 0) is 9.53 Å². The molecule has 0 saturated carbocycles. The second-order valence-corrected chi connectivity index (χ2v) is 3.19. The minimum absolute atomic E-state index is 0.0392. The van der Waals surface area contributed by atoms with Gasteiger partial charge in [0, 0.05) is 13.0 Å². The van der Waals surface area contributed by atoms with E-state index in [9.17, 15) is 4.79 Å². The van der Waals surface area contributed by atoms with Crippen molar-refractivity contribution in [1.82, 2.24) is 5.32 Å². The number of thiol groups is 1. The third-order valence-electron chi connectivity index (χ3n) is 1.21. The van der Waals surface area contributed by atoms with Crippen molar-refractivity contribution in [3.63, 3.8) is 0 Å². The van der Waals surface area contributed by atoms with Crippen LogP contribution in [0.15, 0.2) is 0 Å². The van der Waals surface area contributed by atoms with Gasteiger partial charge in [-0.3, -0.25) is 4.79 Å². The largest absolute Gasteiger partial charge is 0.377 e. The van der Waals surface area contributed by atoms with Gasteiger partial charge in [0.2, 0.25) is 5.91 Å². The highest BCUT2D eigenvalue weighted by molar-refractivity contribution is 7.80. The van der Waals surface area contributed by atoms with E-state index in [0.717, 1.165) is 0 Å². The van der Waals surface area contributed by atoms with Crippen LogP contribution >= 0.6 is 12.6 Å². The zero-order valence-electron chi connectivity index (χ0n) is 7.67. The van der Waals surface area contributed by atoms with Crippen LogP contribution in [0.4, 0.5) is 0 Å². The molecule has 0 unspecified atom stereocenters. The van der Waals surface area contributed by atoms with E-state index >= 15 is 0 Å². The second-order valence-electron chi connectivity index (χ2n) is 2.74.